The van der Waals surface area contributed by atoms with E-state index in [2.05, 4.69) is 10.3 Å². The minimum absolute atomic E-state index is 0.0893. The Morgan fingerprint density at radius 3 is 2.90 bits per heavy atom. The zero-order valence-corrected chi connectivity index (χ0v) is 12.4. The van der Waals surface area contributed by atoms with Gasteiger partial charge in [-0.2, -0.15) is 0 Å². The van der Waals surface area contributed by atoms with Gasteiger partial charge in [-0.05, 0) is 32.1 Å². The number of nitrogens with one attached hydrogen (secondary N) is 1. The third-order valence-corrected chi connectivity index (χ3v) is 4.72. The fourth-order valence-corrected chi connectivity index (χ4v) is 3.38. The smallest absolute Gasteiger partial charge is 0.248 e. The summed E-state index contributed by atoms with van der Waals surface area (Å²) in [6.45, 7) is 2.75. The maximum atomic E-state index is 12.3. The van der Waals surface area contributed by atoms with Gasteiger partial charge < -0.3 is 10.2 Å². The van der Waals surface area contributed by atoms with E-state index in [0.717, 1.165) is 37.8 Å². The number of anilines is 1. The van der Waals surface area contributed by atoms with E-state index >= 15 is 0 Å². The SMILES string of the molecule is CCc1csc(NC(=O)C2CCCN2C(=O)C2CC2)n1. The first-order valence-electron chi connectivity index (χ1n) is 7.24. The molecule has 5 nitrogen and oxygen atoms in total. The molecule has 0 bridgehead atoms. The molecule has 2 amide bonds. The molecule has 0 spiro atoms. The van der Waals surface area contributed by atoms with Crippen molar-refractivity contribution in [1.29, 1.82) is 0 Å². The number of nitrogens with zero attached hydrogens (tertiary/aromatic N) is 2. The van der Waals surface area contributed by atoms with Crippen molar-refractivity contribution in [3.8, 4) is 0 Å². The van der Waals surface area contributed by atoms with Crippen LogP contribution in [-0.2, 0) is 16.0 Å². The average Bonchev–Trinajstić information content (AvgIpc) is 3.01. The van der Waals surface area contributed by atoms with Crippen LogP contribution < -0.4 is 5.32 Å². The number of rotatable bonds is 4. The molecule has 1 aliphatic carbocycles. The van der Waals surface area contributed by atoms with Crippen molar-refractivity contribution in [2.24, 2.45) is 5.92 Å². The summed E-state index contributed by atoms with van der Waals surface area (Å²) < 4.78 is 0. The van der Waals surface area contributed by atoms with Gasteiger partial charge in [-0.15, -0.1) is 11.3 Å². The summed E-state index contributed by atoms with van der Waals surface area (Å²) in [5, 5.41) is 5.45. The molecule has 2 fully saturated rings. The molecular formula is C14H19N3O2S. The van der Waals surface area contributed by atoms with Crippen molar-refractivity contribution in [2.75, 3.05) is 11.9 Å². The van der Waals surface area contributed by atoms with E-state index in [-0.39, 0.29) is 23.8 Å². The summed E-state index contributed by atoms with van der Waals surface area (Å²) in [6, 6.07) is -0.308. The van der Waals surface area contributed by atoms with Crippen LogP contribution in [0.1, 0.15) is 38.3 Å². The van der Waals surface area contributed by atoms with Crippen molar-refractivity contribution in [3.05, 3.63) is 11.1 Å². The number of carbonyl (C=O) groups is 2. The normalized spacial score (nSPS) is 22.1. The molecule has 1 saturated heterocycles. The van der Waals surface area contributed by atoms with Crippen LogP contribution in [0.15, 0.2) is 5.38 Å². The Morgan fingerprint density at radius 1 is 1.45 bits per heavy atom. The molecule has 1 aliphatic heterocycles. The summed E-state index contributed by atoms with van der Waals surface area (Å²) in [7, 11) is 0. The van der Waals surface area contributed by atoms with E-state index in [1.807, 2.05) is 12.3 Å². The second-order valence-corrected chi connectivity index (χ2v) is 6.31. The fourth-order valence-electron chi connectivity index (χ4n) is 2.58. The van der Waals surface area contributed by atoms with Crippen molar-refractivity contribution < 1.29 is 9.59 Å². The fraction of sp³-hybridized carbons (Fsp3) is 0.643. The minimum atomic E-state index is -0.308. The standard InChI is InChI=1S/C14H19N3O2S/c1-2-10-8-20-14(15-10)16-12(18)11-4-3-7-17(11)13(19)9-5-6-9/h8-9,11H,2-7H2,1H3,(H,15,16,18). The molecule has 3 rings (SSSR count). The van der Waals surface area contributed by atoms with Crippen LogP contribution in [0.5, 0.6) is 0 Å². The zero-order chi connectivity index (χ0) is 14.1. The molecule has 1 aromatic heterocycles. The molecule has 1 saturated carbocycles. The van der Waals surface area contributed by atoms with Crippen LogP contribution in [0.2, 0.25) is 0 Å². The molecule has 0 radical (unpaired) electrons. The highest BCUT2D eigenvalue weighted by atomic mass is 32.1. The van der Waals surface area contributed by atoms with Crippen LogP contribution in [0.25, 0.3) is 0 Å². The first-order valence-corrected chi connectivity index (χ1v) is 8.12. The molecule has 108 valence electrons. The van der Waals surface area contributed by atoms with Gasteiger partial charge in [0.05, 0.1) is 5.69 Å². The molecule has 6 heteroatoms. The van der Waals surface area contributed by atoms with Gasteiger partial charge in [0.25, 0.3) is 0 Å². The van der Waals surface area contributed by atoms with E-state index in [0.29, 0.717) is 11.7 Å². The number of hydrogen-bond acceptors (Lipinski definition) is 4. The van der Waals surface area contributed by atoms with E-state index in [4.69, 9.17) is 0 Å². The molecule has 1 aromatic rings. The number of carbonyl (C=O) groups excluding carboxylic acids is 2. The summed E-state index contributed by atoms with van der Waals surface area (Å²) in [4.78, 5) is 30.6. The molecule has 0 aromatic carbocycles. The topological polar surface area (TPSA) is 62.3 Å². The minimum Gasteiger partial charge on any atom is -0.330 e. The van der Waals surface area contributed by atoms with E-state index < -0.39 is 0 Å². The third-order valence-electron chi connectivity index (χ3n) is 3.91. The lowest BCUT2D eigenvalue weighted by molar-refractivity contribution is -0.137. The predicted octanol–water partition coefficient (Wildman–Crippen LogP) is 2.04. The van der Waals surface area contributed by atoms with Crippen molar-refractivity contribution in [3.63, 3.8) is 0 Å². The van der Waals surface area contributed by atoms with E-state index in [9.17, 15) is 9.59 Å². The average molecular weight is 293 g/mol. The summed E-state index contributed by atoms with van der Waals surface area (Å²) in [5.74, 6) is 0.250. The molecule has 20 heavy (non-hydrogen) atoms. The second-order valence-electron chi connectivity index (χ2n) is 5.45. The van der Waals surface area contributed by atoms with Gasteiger partial charge in [0.1, 0.15) is 6.04 Å². The maximum Gasteiger partial charge on any atom is 0.248 e. The molecular weight excluding hydrogens is 274 g/mol. The van der Waals surface area contributed by atoms with Crippen molar-refractivity contribution in [1.82, 2.24) is 9.88 Å². The summed E-state index contributed by atoms with van der Waals surface area (Å²) in [6.07, 6.45) is 4.50. The molecule has 1 unspecified atom stereocenters. The van der Waals surface area contributed by atoms with Gasteiger partial charge in [-0.25, -0.2) is 4.98 Å². The quantitative estimate of drug-likeness (QED) is 0.924. The van der Waals surface area contributed by atoms with E-state index in [1.54, 1.807) is 4.90 Å². The Balaban J connectivity index is 1.64. The third kappa shape index (κ3) is 2.70. The Kier molecular flexibility index (Phi) is 3.74. The van der Waals surface area contributed by atoms with Crippen LogP contribution in [0.4, 0.5) is 5.13 Å². The van der Waals surface area contributed by atoms with Crippen LogP contribution in [0, 0.1) is 5.92 Å². The van der Waals surface area contributed by atoms with Gasteiger partial charge in [-0.3, -0.25) is 9.59 Å². The number of hydrogen-bond donors (Lipinski definition) is 1. The van der Waals surface area contributed by atoms with Crippen molar-refractivity contribution >= 4 is 28.3 Å². The first kappa shape index (κ1) is 13.5. The summed E-state index contributed by atoms with van der Waals surface area (Å²) >= 11 is 1.44. The lowest BCUT2D eigenvalue weighted by Gasteiger charge is -2.23. The van der Waals surface area contributed by atoms with Gasteiger partial charge in [0, 0.05) is 17.8 Å². The molecule has 1 N–H and O–H groups in total. The van der Waals surface area contributed by atoms with Crippen LogP contribution in [-0.4, -0.2) is 34.3 Å². The highest BCUT2D eigenvalue weighted by Crippen LogP contribution is 2.34. The Hall–Kier alpha value is -1.43. The largest absolute Gasteiger partial charge is 0.330 e. The monoisotopic (exact) mass is 293 g/mol. The molecule has 1 atom stereocenters. The van der Waals surface area contributed by atoms with Crippen molar-refractivity contribution in [2.45, 2.75) is 45.1 Å². The number of amides is 2. The number of likely N-dealkylation sites (tertiary alicyclic amines) is 1. The number of aryl methyl sites for hydroxylation is 1. The Labute approximate surface area is 122 Å². The van der Waals surface area contributed by atoms with Crippen LogP contribution in [0.3, 0.4) is 0 Å². The molecule has 2 heterocycles. The van der Waals surface area contributed by atoms with Gasteiger partial charge in [-0.1, -0.05) is 6.92 Å². The summed E-state index contributed by atoms with van der Waals surface area (Å²) in [5.41, 5.74) is 0.989. The highest BCUT2D eigenvalue weighted by Gasteiger charge is 2.40. The van der Waals surface area contributed by atoms with E-state index in [1.165, 1.54) is 11.3 Å². The predicted molar refractivity (Wildman–Crippen MR) is 77.6 cm³/mol. The maximum absolute atomic E-state index is 12.3. The highest BCUT2D eigenvalue weighted by molar-refractivity contribution is 7.13. The van der Waals surface area contributed by atoms with Gasteiger partial charge >= 0.3 is 0 Å². The van der Waals surface area contributed by atoms with Crippen LogP contribution >= 0.6 is 11.3 Å². The Bertz CT molecular complexity index is 524. The second kappa shape index (κ2) is 5.52. The Morgan fingerprint density at radius 2 is 2.25 bits per heavy atom. The number of thiazole rings is 1. The lowest BCUT2D eigenvalue weighted by Crippen LogP contribution is -2.43. The number of aromatic nitrogens is 1. The molecule has 2 aliphatic rings. The first-order chi connectivity index (χ1) is 9.69. The van der Waals surface area contributed by atoms with Gasteiger partial charge in [0.2, 0.25) is 11.8 Å². The lowest BCUT2D eigenvalue weighted by atomic mass is 10.2. The zero-order valence-electron chi connectivity index (χ0n) is 11.6. The van der Waals surface area contributed by atoms with Gasteiger partial charge in [0.15, 0.2) is 5.13 Å².